The van der Waals surface area contributed by atoms with E-state index in [0.717, 1.165) is 36.9 Å². The van der Waals surface area contributed by atoms with Crippen LogP contribution in [-0.4, -0.2) is 29.2 Å². The Bertz CT molecular complexity index is 1380. The number of benzene rings is 3. The van der Waals surface area contributed by atoms with Gasteiger partial charge in [-0.15, -0.1) is 11.3 Å². The lowest BCUT2D eigenvalue weighted by Crippen LogP contribution is -2.41. The van der Waals surface area contributed by atoms with Crippen molar-refractivity contribution >= 4 is 49.9 Å². The molecule has 2 heterocycles. The maximum Gasteiger partial charge on any atom is 0.325 e. The van der Waals surface area contributed by atoms with E-state index in [2.05, 4.69) is 5.32 Å². The Morgan fingerprint density at radius 1 is 0.968 bits per heavy atom. The molecule has 1 aliphatic heterocycles. The second-order valence-electron chi connectivity index (χ2n) is 7.95. The van der Waals surface area contributed by atoms with Crippen molar-refractivity contribution in [2.45, 2.75) is 19.4 Å². The van der Waals surface area contributed by atoms with Crippen LogP contribution in [0.4, 0.5) is 4.79 Å². The van der Waals surface area contributed by atoms with E-state index in [-0.39, 0.29) is 12.3 Å². The molecular weight excluding hydrogens is 408 g/mol. The Balaban J connectivity index is 1.49. The number of urea groups is 1. The Morgan fingerprint density at radius 3 is 2.42 bits per heavy atom. The van der Waals surface area contributed by atoms with Crippen molar-refractivity contribution in [1.82, 2.24) is 10.2 Å². The van der Waals surface area contributed by atoms with Crippen molar-refractivity contribution < 1.29 is 14.4 Å². The van der Waals surface area contributed by atoms with Gasteiger partial charge in [-0.25, -0.2) is 4.79 Å². The van der Waals surface area contributed by atoms with Crippen LogP contribution >= 0.6 is 11.3 Å². The molecule has 0 bridgehead atoms. The van der Waals surface area contributed by atoms with Gasteiger partial charge in [-0.2, -0.15) is 0 Å². The molecule has 0 unspecified atom stereocenters. The average molecular weight is 429 g/mol. The molecule has 1 N–H and O–H groups in total. The minimum atomic E-state index is -1.23. The number of carbonyl (C=O) groups is 3. The van der Waals surface area contributed by atoms with Gasteiger partial charge in [0.2, 0.25) is 0 Å². The molecule has 154 valence electrons. The zero-order chi connectivity index (χ0) is 21.8. The minimum Gasteiger partial charge on any atom is -0.319 e. The van der Waals surface area contributed by atoms with Gasteiger partial charge in [-0.05, 0) is 47.2 Å². The highest BCUT2D eigenvalue weighted by molar-refractivity contribution is 7.21. The number of Topliss-reactive ketones (excluding diaryl/α,β-unsaturated/α-hetero) is 1. The van der Waals surface area contributed by atoms with Crippen LogP contribution in [0.5, 0.6) is 0 Å². The molecule has 6 heteroatoms. The molecular formula is C25H20N2O3S. The number of rotatable bonds is 4. The average Bonchev–Trinajstić information content (AvgIpc) is 3.23. The van der Waals surface area contributed by atoms with Gasteiger partial charge in [0.05, 0.1) is 11.4 Å². The monoisotopic (exact) mass is 428 g/mol. The van der Waals surface area contributed by atoms with E-state index in [9.17, 15) is 14.4 Å². The molecule has 1 fully saturated rings. The summed E-state index contributed by atoms with van der Waals surface area (Å²) in [5, 5.41) is 5.73. The van der Waals surface area contributed by atoms with Crippen LogP contribution in [0.25, 0.3) is 20.9 Å². The number of nitrogens with zero attached hydrogens (tertiary/aromatic N) is 1. The second-order valence-corrected chi connectivity index (χ2v) is 9.00. The molecule has 3 amide bonds. The molecule has 1 atom stereocenters. The van der Waals surface area contributed by atoms with Crippen molar-refractivity contribution in [2.24, 2.45) is 0 Å². The number of hydrogen-bond acceptors (Lipinski definition) is 4. The Morgan fingerprint density at radius 2 is 1.65 bits per heavy atom. The lowest BCUT2D eigenvalue weighted by Gasteiger charge is -2.24. The fourth-order valence-corrected chi connectivity index (χ4v) is 5.48. The van der Waals surface area contributed by atoms with Crippen molar-refractivity contribution in [3.8, 4) is 0 Å². The second kappa shape index (κ2) is 7.03. The summed E-state index contributed by atoms with van der Waals surface area (Å²) in [5.74, 6) is -0.648. The quantitative estimate of drug-likeness (QED) is 0.367. The number of hydrogen-bond donors (Lipinski definition) is 1. The first-order valence-electron chi connectivity index (χ1n) is 10.0. The third kappa shape index (κ3) is 2.94. The fourth-order valence-electron chi connectivity index (χ4n) is 4.34. The van der Waals surface area contributed by atoms with E-state index >= 15 is 0 Å². The van der Waals surface area contributed by atoms with Crippen molar-refractivity contribution in [3.63, 3.8) is 0 Å². The third-order valence-corrected chi connectivity index (χ3v) is 7.32. The predicted molar refractivity (Wildman–Crippen MR) is 122 cm³/mol. The molecule has 0 spiro atoms. The maximum absolute atomic E-state index is 13.4. The van der Waals surface area contributed by atoms with Crippen LogP contribution in [-0.2, 0) is 10.3 Å². The van der Waals surface area contributed by atoms with Gasteiger partial charge in [0.15, 0.2) is 5.78 Å². The van der Waals surface area contributed by atoms with E-state index in [0.29, 0.717) is 4.88 Å². The molecule has 0 radical (unpaired) electrons. The summed E-state index contributed by atoms with van der Waals surface area (Å²) in [6.45, 7) is 3.32. The number of thiophene rings is 1. The van der Waals surface area contributed by atoms with Crippen LogP contribution < -0.4 is 5.32 Å². The van der Waals surface area contributed by atoms with Crippen LogP contribution in [0.2, 0.25) is 0 Å². The summed E-state index contributed by atoms with van der Waals surface area (Å²) < 4.78 is 1.01. The zero-order valence-corrected chi connectivity index (χ0v) is 18.0. The first kappa shape index (κ1) is 19.5. The number of ketones is 1. The summed E-state index contributed by atoms with van der Waals surface area (Å²) in [6.07, 6.45) is 0. The first-order chi connectivity index (χ1) is 14.9. The fraction of sp³-hybridized carbons (Fsp3) is 0.160. The zero-order valence-electron chi connectivity index (χ0n) is 17.1. The lowest BCUT2D eigenvalue weighted by molar-refractivity contribution is -0.130. The van der Waals surface area contributed by atoms with Crippen LogP contribution in [0.15, 0.2) is 66.7 Å². The molecule has 3 aromatic carbocycles. The van der Waals surface area contributed by atoms with E-state index in [1.54, 1.807) is 6.92 Å². The normalized spacial score (nSPS) is 18.7. The molecule has 1 aliphatic rings. The topological polar surface area (TPSA) is 66.5 Å². The van der Waals surface area contributed by atoms with Crippen molar-refractivity contribution in [1.29, 1.82) is 0 Å². The summed E-state index contributed by atoms with van der Waals surface area (Å²) in [7, 11) is 0. The van der Waals surface area contributed by atoms with E-state index in [1.165, 1.54) is 11.3 Å². The summed E-state index contributed by atoms with van der Waals surface area (Å²) >= 11 is 1.40. The van der Waals surface area contributed by atoms with Crippen LogP contribution in [0.1, 0.15) is 27.7 Å². The summed E-state index contributed by atoms with van der Waals surface area (Å²) in [5.41, 5.74) is 0.374. The van der Waals surface area contributed by atoms with Crippen LogP contribution in [0.3, 0.4) is 0 Å². The lowest BCUT2D eigenvalue weighted by atomic mass is 9.88. The summed E-state index contributed by atoms with van der Waals surface area (Å²) in [6, 6.07) is 20.7. The number of nitrogens with one attached hydrogen (secondary N) is 1. The first-order valence-corrected chi connectivity index (χ1v) is 10.9. The number of carbonyl (C=O) groups excluding carboxylic acids is 3. The largest absolute Gasteiger partial charge is 0.325 e. The minimum absolute atomic E-state index is 0.232. The van der Waals surface area contributed by atoms with Crippen molar-refractivity contribution in [3.05, 3.63) is 82.7 Å². The highest BCUT2D eigenvalue weighted by Gasteiger charge is 2.50. The van der Waals surface area contributed by atoms with E-state index in [1.807, 2.05) is 73.7 Å². The van der Waals surface area contributed by atoms with Gasteiger partial charge in [0, 0.05) is 4.70 Å². The molecule has 1 saturated heterocycles. The van der Waals surface area contributed by atoms with Crippen molar-refractivity contribution in [2.75, 3.05) is 6.54 Å². The molecule has 4 aromatic rings. The summed E-state index contributed by atoms with van der Waals surface area (Å²) in [4.78, 5) is 40.9. The molecule has 1 aromatic heterocycles. The maximum atomic E-state index is 13.4. The van der Waals surface area contributed by atoms with Gasteiger partial charge in [0.25, 0.3) is 5.91 Å². The van der Waals surface area contributed by atoms with Gasteiger partial charge in [-0.1, -0.05) is 60.7 Å². The Hall–Kier alpha value is -3.51. The molecule has 5 rings (SSSR count). The van der Waals surface area contributed by atoms with E-state index in [4.69, 9.17) is 0 Å². The molecule has 0 aliphatic carbocycles. The SMILES string of the molecule is Cc1c(C(=O)CN2C(=O)N[C@](C)(c3cccc4ccccc34)C2=O)sc2ccccc12. The van der Waals surface area contributed by atoms with E-state index < -0.39 is 17.5 Å². The number of fused-ring (bicyclic) bond motifs is 2. The van der Waals surface area contributed by atoms with Gasteiger partial charge >= 0.3 is 6.03 Å². The highest BCUT2D eigenvalue weighted by atomic mass is 32.1. The number of imide groups is 1. The highest BCUT2D eigenvalue weighted by Crippen LogP contribution is 2.35. The smallest absolute Gasteiger partial charge is 0.319 e. The van der Waals surface area contributed by atoms with Gasteiger partial charge < -0.3 is 5.32 Å². The third-order valence-electron chi connectivity index (χ3n) is 6.00. The molecule has 31 heavy (non-hydrogen) atoms. The Labute approximate surface area is 183 Å². The van der Waals surface area contributed by atoms with Gasteiger partial charge in [0.1, 0.15) is 5.54 Å². The van der Waals surface area contributed by atoms with Gasteiger partial charge in [-0.3, -0.25) is 14.5 Å². The standard InChI is InChI=1S/C25H20N2O3S/c1-15-17-10-5-6-13-21(17)31-22(15)20(28)14-27-23(29)25(2,26-24(27)30)19-12-7-9-16-8-3-4-11-18(16)19/h3-13H,14H2,1-2H3,(H,26,30)/t25-/m1/s1. The number of amides is 3. The molecule has 0 saturated carbocycles. The molecule has 5 nitrogen and oxygen atoms in total. The Kier molecular flexibility index (Phi) is 4.41. The van der Waals surface area contributed by atoms with Crippen LogP contribution in [0, 0.1) is 6.92 Å². The number of aryl methyl sites for hydroxylation is 1. The predicted octanol–water partition coefficient (Wildman–Crippen LogP) is 5.01.